The third-order valence-electron chi connectivity index (χ3n) is 3.46. The molecule has 0 atom stereocenters. The lowest BCUT2D eigenvalue weighted by Gasteiger charge is -2.14. The minimum atomic E-state index is -1.46. The van der Waals surface area contributed by atoms with Crippen molar-refractivity contribution in [2.75, 3.05) is 0 Å². The van der Waals surface area contributed by atoms with Crippen LogP contribution in [0.2, 0.25) is 20.1 Å². The standard InChI is InChI=1S/C16H10Cl4O4/c1-5-3-7(4-6(2)14(5)21)15(22)8-9(16(23)24)11(18)13(20)12(19)10(8)17/h3-4,21H,1-2H3,(H,23,24). The molecule has 8 heteroatoms. The van der Waals surface area contributed by atoms with Gasteiger partial charge in [0.25, 0.3) is 0 Å². The van der Waals surface area contributed by atoms with E-state index in [1.54, 1.807) is 13.8 Å². The molecule has 0 aliphatic heterocycles. The van der Waals surface area contributed by atoms with Crippen LogP contribution in [-0.4, -0.2) is 22.0 Å². The first-order chi connectivity index (χ1) is 11.1. The molecule has 2 aromatic rings. The van der Waals surface area contributed by atoms with E-state index in [0.29, 0.717) is 11.1 Å². The van der Waals surface area contributed by atoms with E-state index in [2.05, 4.69) is 0 Å². The van der Waals surface area contributed by atoms with Gasteiger partial charge in [-0.2, -0.15) is 0 Å². The lowest BCUT2D eigenvalue weighted by Crippen LogP contribution is -2.13. The second-order valence-corrected chi connectivity index (χ2v) is 6.61. The van der Waals surface area contributed by atoms with Gasteiger partial charge < -0.3 is 10.2 Å². The van der Waals surface area contributed by atoms with Crippen molar-refractivity contribution in [1.82, 2.24) is 0 Å². The summed E-state index contributed by atoms with van der Waals surface area (Å²) in [4.78, 5) is 24.4. The van der Waals surface area contributed by atoms with Crippen molar-refractivity contribution in [2.24, 2.45) is 0 Å². The van der Waals surface area contributed by atoms with Crippen LogP contribution in [0.4, 0.5) is 0 Å². The largest absolute Gasteiger partial charge is 0.507 e. The van der Waals surface area contributed by atoms with Gasteiger partial charge in [-0.15, -0.1) is 0 Å². The van der Waals surface area contributed by atoms with Crippen molar-refractivity contribution in [1.29, 1.82) is 0 Å². The van der Waals surface area contributed by atoms with Gasteiger partial charge in [0, 0.05) is 5.56 Å². The molecule has 0 aliphatic rings. The molecule has 0 amide bonds. The van der Waals surface area contributed by atoms with Crippen molar-refractivity contribution in [3.05, 3.63) is 60.0 Å². The molecule has 2 N–H and O–H groups in total. The van der Waals surface area contributed by atoms with Crippen molar-refractivity contribution in [3.63, 3.8) is 0 Å². The van der Waals surface area contributed by atoms with Crippen LogP contribution in [0.1, 0.15) is 37.4 Å². The molecular formula is C16H10Cl4O4. The highest BCUT2D eigenvalue weighted by Gasteiger charge is 2.29. The van der Waals surface area contributed by atoms with Crippen molar-refractivity contribution in [3.8, 4) is 5.75 Å². The summed E-state index contributed by atoms with van der Waals surface area (Å²) >= 11 is 23.8. The van der Waals surface area contributed by atoms with Gasteiger partial charge in [0.2, 0.25) is 0 Å². The number of aryl methyl sites for hydroxylation is 2. The van der Waals surface area contributed by atoms with Crippen LogP contribution in [0.3, 0.4) is 0 Å². The molecule has 24 heavy (non-hydrogen) atoms. The van der Waals surface area contributed by atoms with E-state index in [0.717, 1.165) is 0 Å². The summed E-state index contributed by atoms with van der Waals surface area (Å²) in [6.07, 6.45) is 0. The zero-order valence-corrected chi connectivity index (χ0v) is 15.4. The van der Waals surface area contributed by atoms with E-state index < -0.39 is 17.3 Å². The highest BCUT2D eigenvalue weighted by Crippen LogP contribution is 2.42. The minimum Gasteiger partial charge on any atom is -0.507 e. The number of rotatable bonds is 3. The van der Waals surface area contributed by atoms with Gasteiger partial charge in [0.15, 0.2) is 5.78 Å². The van der Waals surface area contributed by atoms with Crippen LogP contribution in [0.15, 0.2) is 12.1 Å². The maximum absolute atomic E-state index is 12.8. The minimum absolute atomic E-state index is 0.0447. The predicted octanol–water partition coefficient (Wildman–Crippen LogP) is 5.55. The lowest BCUT2D eigenvalue weighted by atomic mass is 9.95. The Bertz CT molecular complexity index is 867. The predicted molar refractivity (Wildman–Crippen MR) is 94.5 cm³/mol. The molecule has 4 nitrogen and oxygen atoms in total. The number of phenolic OH excluding ortho intramolecular Hbond substituents is 1. The van der Waals surface area contributed by atoms with E-state index >= 15 is 0 Å². The average Bonchev–Trinajstić information content (AvgIpc) is 2.52. The van der Waals surface area contributed by atoms with Crippen LogP contribution >= 0.6 is 46.4 Å². The first-order valence-electron chi connectivity index (χ1n) is 6.52. The Labute approximate surface area is 157 Å². The van der Waals surface area contributed by atoms with Crippen molar-refractivity contribution >= 4 is 58.2 Å². The van der Waals surface area contributed by atoms with Crippen LogP contribution in [0, 0.1) is 13.8 Å². The Hall–Kier alpha value is -1.46. The van der Waals surface area contributed by atoms with Gasteiger partial charge in [0.1, 0.15) is 5.75 Å². The smallest absolute Gasteiger partial charge is 0.338 e. The number of phenols is 1. The second-order valence-electron chi connectivity index (χ2n) is 5.10. The lowest BCUT2D eigenvalue weighted by molar-refractivity contribution is 0.0693. The molecule has 2 rings (SSSR count). The first kappa shape index (κ1) is 18.9. The third-order valence-corrected chi connectivity index (χ3v) is 5.26. The number of carboxylic acids is 1. The molecule has 0 fully saturated rings. The van der Waals surface area contributed by atoms with Crippen molar-refractivity contribution in [2.45, 2.75) is 13.8 Å². The number of carbonyl (C=O) groups is 2. The molecule has 0 spiro atoms. The molecule has 0 bridgehead atoms. The number of benzene rings is 2. The molecule has 0 unspecified atom stereocenters. The number of carbonyl (C=O) groups excluding carboxylic acids is 1. The average molecular weight is 408 g/mol. The third kappa shape index (κ3) is 3.07. The molecule has 0 aromatic heterocycles. The van der Waals surface area contributed by atoms with Crippen molar-refractivity contribution < 1.29 is 19.8 Å². The van der Waals surface area contributed by atoms with E-state index in [1.807, 2.05) is 0 Å². The summed E-state index contributed by atoms with van der Waals surface area (Å²) in [5.41, 5.74) is 0.175. The zero-order valence-electron chi connectivity index (χ0n) is 12.4. The van der Waals surface area contributed by atoms with Crippen LogP contribution in [0.5, 0.6) is 5.75 Å². The Morgan fingerprint density at radius 1 is 0.833 bits per heavy atom. The summed E-state index contributed by atoms with van der Waals surface area (Å²) in [5, 5.41) is 18.1. The number of aromatic carboxylic acids is 1. The number of carboxylic acid groups (broad SMARTS) is 1. The number of halogens is 4. The Morgan fingerprint density at radius 3 is 1.67 bits per heavy atom. The van der Waals surface area contributed by atoms with Gasteiger partial charge in [-0.05, 0) is 37.1 Å². The Kier molecular flexibility index (Phi) is 5.35. The van der Waals surface area contributed by atoms with E-state index in [1.165, 1.54) is 12.1 Å². The van der Waals surface area contributed by atoms with Gasteiger partial charge >= 0.3 is 5.97 Å². The van der Waals surface area contributed by atoms with Gasteiger partial charge in [-0.3, -0.25) is 4.79 Å². The summed E-state index contributed by atoms with van der Waals surface area (Å²) in [7, 11) is 0. The topological polar surface area (TPSA) is 74.6 Å². The Morgan fingerprint density at radius 2 is 1.25 bits per heavy atom. The molecule has 126 valence electrons. The van der Waals surface area contributed by atoms with E-state index in [-0.39, 0.29) is 37.0 Å². The summed E-state index contributed by atoms with van der Waals surface area (Å²) in [6.45, 7) is 3.22. The second kappa shape index (κ2) is 6.81. The number of ketones is 1. The fourth-order valence-electron chi connectivity index (χ4n) is 2.28. The molecule has 0 radical (unpaired) electrons. The highest BCUT2D eigenvalue weighted by molar-refractivity contribution is 6.54. The van der Waals surface area contributed by atoms with Gasteiger partial charge in [0.05, 0.1) is 31.2 Å². The normalized spacial score (nSPS) is 10.8. The zero-order chi connectivity index (χ0) is 18.3. The quantitative estimate of drug-likeness (QED) is 0.397. The summed E-state index contributed by atoms with van der Waals surface area (Å²) < 4.78 is 0. The van der Waals surface area contributed by atoms with E-state index in [9.17, 15) is 19.8 Å². The van der Waals surface area contributed by atoms with Gasteiger partial charge in [-0.1, -0.05) is 46.4 Å². The molecule has 0 aliphatic carbocycles. The molecular weight excluding hydrogens is 398 g/mol. The molecule has 0 heterocycles. The van der Waals surface area contributed by atoms with Gasteiger partial charge in [-0.25, -0.2) is 4.79 Å². The number of hydrogen-bond acceptors (Lipinski definition) is 3. The Balaban J connectivity index is 2.81. The fraction of sp³-hybridized carbons (Fsp3) is 0.125. The maximum Gasteiger partial charge on any atom is 0.338 e. The van der Waals surface area contributed by atoms with Crippen LogP contribution < -0.4 is 0 Å². The monoisotopic (exact) mass is 406 g/mol. The fourth-order valence-corrected chi connectivity index (χ4v) is 3.30. The maximum atomic E-state index is 12.8. The molecule has 2 aromatic carbocycles. The molecule has 0 saturated heterocycles. The highest BCUT2D eigenvalue weighted by atomic mass is 35.5. The summed E-state index contributed by atoms with van der Waals surface area (Å²) in [5.74, 6) is -2.11. The van der Waals surface area contributed by atoms with Crippen LogP contribution in [-0.2, 0) is 0 Å². The number of hydrogen-bond donors (Lipinski definition) is 2. The first-order valence-corrected chi connectivity index (χ1v) is 8.03. The summed E-state index contributed by atoms with van der Waals surface area (Å²) in [6, 6.07) is 2.84. The number of aromatic hydroxyl groups is 1. The SMILES string of the molecule is Cc1cc(C(=O)c2c(Cl)c(Cl)c(Cl)c(Cl)c2C(=O)O)cc(C)c1O. The van der Waals surface area contributed by atoms with E-state index in [4.69, 9.17) is 46.4 Å². The molecule has 0 saturated carbocycles. The van der Waals surface area contributed by atoms with Crippen LogP contribution in [0.25, 0.3) is 0 Å².